The van der Waals surface area contributed by atoms with Gasteiger partial charge in [0, 0.05) is 18.8 Å². The molecule has 9 heteroatoms. The molecule has 108 valence electrons. The van der Waals surface area contributed by atoms with Gasteiger partial charge in [0.25, 0.3) is 0 Å². The lowest BCUT2D eigenvalue weighted by Crippen LogP contribution is -2.28. The van der Waals surface area contributed by atoms with Crippen LogP contribution in [-0.2, 0) is 16.6 Å². The summed E-state index contributed by atoms with van der Waals surface area (Å²) in [6.07, 6.45) is 3.24. The van der Waals surface area contributed by atoms with E-state index in [4.69, 9.17) is 0 Å². The molecule has 0 radical (unpaired) electrons. The van der Waals surface area contributed by atoms with E-state index in [2.05, 4.69) is 25.8 Å². The Balaban J connectivity index is 2.04. The molecule has 0 aliphatic carbocycles. The first-order chi connectivity index (χ1) is 9.38. The SMILES string of the molecule is O=S(=O)(NCCn1cc(Br)cn1)c1ccc(F)cc1F. The van der Waals surface area contributed by atoms with Gasteiger partial charge in [0.05, 0.1) is 17.2 Å². The maximum absolute atomic E-state index is 13.4. The van der Waals surface area contributed by atoms with Gasteiger partial charge >= 0.3 is 0 Å². The van der Waals surface area contributed by atoms with Gasteiger partial charge in [-0.1, -0.05) is 0 Å². The van der Waals surface area contributed by atoms with E-state index in [0.29, 0.717) is 6.07 Å². The van der Waals surface area contributed by atoms with Gasteiger partial charge in [0.2, 0.25) is 10.0 Å². The molecule has 0 unspecified atom stereocenters. The lowest BCUT2D eigenvalue weighted by molar-refractivity contribution is 0.536. The van der Waals surface area contributed by atoms with Crippen LogP contribution in [0.3, 0.4) is 0 Å². The Hall–Kier alpha value is -1.32. The Labute approximate surface area is 122 Å². The van der Waals surface area contributed by atoms with Crippen LogP contribution in [0.1, 0.15) is 0 Å². The summed E-state index contributed by atoms with van der Waals surface area (Å²) < 4.78 is 54.4. The summed E-state index contributed by atoms with van der Waals surface area (Å²) in [6, 6.07) is 2.30. The van der Waals surface area contributed by atoms with Gasteiger partial charge in [-0.2, -0.15) is 5.10 Å². The molecule has 1 heterocycles. The zero-order valence-corrected chi connectivity index (χ0v) is 12.5. The van der Waals surface area contributed by atoms with Crippen LogP contribution in [0.15, 0.2) is 40.0 Å². The normalized spacial score (nSPS) is 11.8. The van der Waals surface area contributed by atoms with Gasteiger partial charge < -0.3 is 0 Å². The summed E-state index contributed by atoms with van der Waals surface area (Å²) in [7, 11) is -4.02. The van der Waals surface area contributed by atoms with Crippen molar-refractivity contribution >= 4 is 26.0 Å². The van der Waals surface area contributed by atoms with Gasteiger partial charge in [-0.15, -0.1) is 0 Å². The highest BCUT2D eigenvalue weighted by atomic mass is 79.9. The van der Waals surface area contributed by atoms with Crippen molar-refractivity contribution in [1.82, 2.24) is 14.5 Å². The Morgan fingerprint density at radius 3 is 2.70 bits per heavy atom. The Morgan fingerprint density at radius 1 is 1.35 bits per heavy atom. The smallest absolute Gasteiger partial charge is 0.243 e. The van der Waals surface area contributed by atoms with Crippen molar-refractivity contribution in [3.63, 3.8) is 0 Å². The fourth-order valence-corrected chi connectivity index (χ4v) is 2.93. The average molecular weight is 366 g/mol. The van der Waals surface area contributed by atoms with E-state index in [1.807, 2.05) is 0 Å². The fraction of sp³-hybridized carbons (Fsp3) is 0.182. The monoisotopic (exact) mass is 365 g/mol. The second kappa shape index (κ2) is 5.98. The number of benzene rings is 1. The number of sulfonamides is 1. The molecule has 0 saturated heterocycles. The molecule has 1 aromatic carbocycles. The molecule has 0 spiro atoms. The number of rotatable bonds is 5. The standard InChI is InChI=1S/C11H10BrF2N3O2S/c12-8-6-15-17(7-8)4-3-16-20(18,19)11-2-1-9(13)5-10(11)14/h1-2,5-7,16H,3-4H2. The second-order valence-electron chi connectivity index (χ2n) is 3.89. The van der Waals surface area contributed by atoms with Crippen molar-refractivity contribution in [2.45, 2.75) is 11.4 Å². The molecule has 1 aromatic heterocycles. The minimum atomic E-state index is -4.02. The minimum absolute atomic E-state index is 0.0350. The van der Waals surface area contributed by atoms with Gasteiger partial charge in [0.1, 0.15) is 16.5 Å². The highest BCUT2D eigenvalue weighted by Crippen LogP contribution is 2.15. The van der Waals surface area contributed by atoms with Gasteiger partial charge in [-0.25, -0.2) is 21.9 Å². The molecule has 0 amide bonds. The molecular formula is C11H10BrF2N3O2S. The quantitative estimate of drug-likeness (QED) is 0.879. The molecule has 20 heavy (non-hydrogen) atoms. The molecule has 0 fully saturated rings. The molecule has 0 bridgehead atoms. The number of nitrogens with one attached hydrogen (secondary N) is 1. The van der Waals surface area contributed by atoms with Crippen molar-refractivity contribution < 1.29 is 17.2 Å². The first-order valence-electron chi connectivity index (χ1n) is 5.51. The largest absolute Gasteiger partial charge is 0.270 e. The highest BCUT2D eigenvalue weighted by Gasteiger charge is 2.18. The van der Waals surface area contributed by atoms with Gasteiger partial charge in [-0.05, 0) is 28.1 Å². The Kier molecular flexibility index (Phi) is 4.51. The Bertz CT molecular complexity index is 718. The van der Waals surface area contributed by atoms with E-state index >= 15 is 0 Å². The van der Waals surface area contributed by atoms with Crippen LogP contribution in [0.4, 0.5) is 8.78 Å². The van der Waals surface area contributed by atoms with Crippen LogP contribution in [-0.4, -0.2) is 24.7 Å². The zero-order chi connectivity index (χ0) is 14.8. The first-order valence-corrected chi connectivity index (χ1v) is 7.79. The second-order valence-corrected chi connectivity index (χ2v) is 6.55. The van der Waals surface area contributed by atoms with Crippen LogP contribution in [0.5, 0.6) is 0 Å². The maximum atomic E-state index is 13.4. The maximum Gasteiger partial charge on any atom is 0.243 e. The summed E-state index contributed by atoms with van der Waals surface area (Å²) in [5, 5.41) is 3.95. The van der Waals surface area contributed by atoms with E-state index in [0.717, 1.165) is 16.6 Å². The van der Waals surface area contributed by atoms with Crippen LogP contribution >= 0.6 is 15.9 Å². The molecule has 2 rings (SSSR count). The van der Waals surface area contributed by atoms with Crippen molar-refractivity contribution in [3.8, 4) is 0 Å². The van der Waals surface area contributed by atoms with E-state index < -0.39 is 26.6 Å². The molecule has 0 aliphatic heterocycles. The van der Waals surface area contributed by atoms with Crippen molar-refractivity contribution in [1.29, 1.82) is 0 Å². The van der Waals surface area contributed by atoms with Crippen LogP contribution in [0.2, 0.25) is 0 Å². The molecule has 5 nitrogen and oxygen atoms in total. The molecule has 1 N–H and O–H groups in total. The minimum Gasteiger partial charge on any atom is -0.270 e. The molecular weight excluding hydrogens is 356 g/mol. The Morgan fingerprint density at radius 2 is 2.10 bits per heavy atom. The van der Waals surface area contributed by atoms with Gasteiger partial charge in [-0.3, -0.25) is 4.68 Å². The zero-order valence-electron chi connectivity index (χ0n) is 10.1. The third-order valence-electron chi connectivity index (χ3n) is 2.42. The highest BCUT2D eigenvalue weighted by molar-refractivity contribution is 9.10. The van der Waals surface area contributed by atoms with Crippen molar-refractivity contribution in [2.75, 3.05) is 6.54 Å². The summed E-state index contributed by atoms with van der Waals surface area (Å²) in [4.78, 5) is -0.583. The predicted octanol–water partition coefficient (Wildman–Crippen LogP) is 1.90. The summed E-state index contributed by atoms with van der Waals surface area (Å²) >= 11 is 3.21. The van der Waals surface area contributed by atoms with E-state index in [1.165, 1.54) is 4.68 Å². The number of hydrogen-bond donors (Lipinski definition) is 1. The lowest BCUT2D eigenvalue weighted by Gasteiger charge is -2.07. The number of nitrogens with zero attached hydrogens (tertiary/aromatic N) is 2. The fourth-order valence-electron chi connectivity index (χ4n) is 1.53. The first kappa shape index (κ1) is 15.1. The number of hydrogen-bond acceptors (Lipinski definition) is 3. The van der Waals surface area contributed by atoms with E-state index in [-0.39, 0.29) is 13.1 Å². The topological polar surface area (TPSA) is 64.0 Å². The summed E-state index contributed by atoms with van der Waals surface area (Å²) in [5.74, 6) is -1.96. The van der Waals surface area contributed by atoms with Crippen LogP contribution < -0.4 is 4.72 Å². The number of halogens is 3. The molecule has 0 aliphatic rings. The summed E-state index contributed by atoms with van der Waals surface area (Å²) in [6.45, 7) is 0.320. The van der Waals surface area contributed by atoms with Crippen molar-refractivity contribution in [2.24, 2.45) is 0 Å². The molecule has 0 saturated carbocycles. The third-order valence-corrected chi connectivity index (χ3v) is 4.32. The number of aromatic nitrogens is 2. The summed E-state index contributed by atoms with van der Waals surface area (Å²) in [5.41, 5.74) is 0. The third kappa shape index (κ3) is 3.62. The van der Waals surface area contributed by atoms with E-state index in [9.17, 15) is 17.2 Å². The van der Waals surface area contributed by atoms with Gasteiger partial charge in [0.15, 0.2) is 0 Å². The van der Waals surface area contributed by atoms with Crippen LogP contribution in [0.25, 0.3) is 0 Å². The molecule has 0 atom stereocenters. The molecule has 2 aromatic rings. The lowest BCUT2D eigenvalue weighted by atomic mass is 10.3. The van der Waals surface area contributed by atoms with Crippen molar-refractivity contribution in [3.05, 3.63) is 46.7 Å². The predicted molar refractivity (Wildman–Crippen MR) is 71.5 cm³/mol. The average Bonchev–Trinajstić information content (AvgIpc) is 2.74. The van der Waals surface area contributed by atoms with E-state index in [1.54, 1.807) is 12.4 Å². The van der Waals surface area contributed by atoms with Crippen LogP contribution in [0, 0.1) is 11.6 Å².